The fraction of sp³-hybridized carbons (Fsp3) is 0.130. The Morgan fingerprint density at radius 1 is 1.10 bits per heavy atom. The van der Waals surface area contributed by atoms with Crippen LogP contribution in [0.15, 0.2) is 75.0 Å². The molecule has 0 aliphatic carbocycles. The maximum absolute atomic E-state index is 12.6. The van der Waals surface area contributed by atoms with Crippen molar-refractivity contribution in [3.63, 3.8) is 0 Å². The SMILES string of the molecule is CN=C1S/C(=C/c2c(OCc3ccc(Br)cc3)ccc3ccccc23)C(=O)N1C. The molecule has 1 amide bonds. The van der Waals surface area contributed by atoms with E-state index in [4.69, 9.17) is 4.74 Å². The molecule has 0 radical (unpaired) electrons. The summed E-state index contributed by atoms with van der Waals surface area (Å²) >= 11 is 4.84. The van der Waals surface area contributed by atoms with Gasteiger partial charge in [-0.15, -0.1) is 0 Å². The van der Waals surface area contributed by atoms with Crippen molar-refractivity contribution in [3.8, 4) is 5.75 Å². The van der Waals surface area contributed by atoms with Crippen molar-refractivity contribution in [1.82, 2.24) is 4.90 Å². The lowest BCUT2D eigenvalue weighted by Crippen LogP contribution is -2.23. The molecule has 0 atom stereocenters. The molecule has 1 saturated heterocycles. The Hall–Kier alpha value is -2.57. The monoisotopic (exact) mass is 466 g/mol. The van der Waals surface area contributed by atoms with Gasteiger partial charge in [0.1, 0.15) is 12.4 Å². The van der Waals surface area contributed by atoms with Crippen molar-refractivity contribution in [1.29, 1.82) is 0 Å². The maximum Gasteiger partial charge on any atom is 0.266 e. The zero-order chi connectivity index (χ0) is 20.4. The van der Waals surface area contributed by atoms with Crippen molar-refractivity contribution < 1.29 is 9.53 Å². The second-order valence-electron chi connectivity index (χ2n) is 6.59. The molecule has 0 N–H and O–H groups in total. The van der Waals surface area contributed by atoms with E-state index in [2.05, 4.69) is 33.1 Å². The number of rotatable bonds is 4. The minimum Gasteiger partial charge on any atom is -0.488 e. The lowest BCUT2D eigenvalue weighted by atomic mass is 10.0. The van der Waals surface area contributed by atoms with Gasteiger partial charge < -0.3 is 4.74 Å². The van der Waals surface area contributed by atoms with Crippen LogP contribution in [0.1, 0.15) is 11.1 Å². The van der Waals surface area contributed by atoms with Crippen molar-refractivity contribution in [3.05, 3.63) is 81.2 Å². The van der Waals surface area contributed by atoms with Crippen LogP contribution in [-0.2, 0) is 11.4 Å². The molecule has 0 bridgehead atoms. The van der Waals surface area contributed by atoms with Crippen LogP contribution < -0.4 is 4.74 Å². The van der Waals surface area contributed by atoms with Crippen LogP contribution in [0.25, 0.3) is 16.8 Å². The molecule has 0 aromatic heterocycles. The second kappa shape index (κ2) is 8.43. The van der Waals surface area contributed by atoms with Gasteiger partial charge in [0, 0.05) is 24.1 Å². The first-order valence-electron chi connectivity index (χ1n) is 9.10. The van der Waals surface area contributed by atoms with Gasteiger partial charge >= 0.3 is 0 Å². The summed E-state index contributed by atoms with van der Waals surface area (Å²) in [5, 5.41) is 2.84. The second-order valence-corrected chi connectivity index (χ2v) is 8.52. The molecule has 4 nitrogen and oxygen atoms in total. The molecule has 0 saturated carbocycles. The standard InChI is InChI=1S/C23H19BrN2O2S/c1-25-23-26(2)22(27)21(29-23)13-19-18-6-4-3-5-16(18)9-12-20(19)28-14-15-7-10-17(24)11-8-15/h3-13H,14H2,1-2H3/b21-13+,25-23?. The number of likely N-dealkylation sites (N-methyl/N-ethyl adjacent to an activating group) is 1. The third-order valence-electron chi connectivity index (χ3n) is 4.71. The number of amides is 1. The third-order valence-corrected chi connectivity index (χ3v) is 6.39. The quantitative estimate of drug-likeness (QED) is 0.462. The molecule has 4 rings (SSSR count). The van der Waals surface area contributed by atoms with E-state index in [-0.39, 0.29) is 5.91 Å². The highest BCUT2D eigenvalue weighted by atomic mass is 79.9. The number of hydrogen-bond donors (Lipinski definition) is 0. The molecule has 29 heavy (non-hydrogen) atoms. The van der Waals surface area contributed by atoms with Gasteiger partial charge in [-0.1, -0.05) is 58.4 Å². The molecular weight excluding hydrogens is 448 g/mol. The molecule has 1 aliphatic rings. The Balaban J connectivity index is 1.74. The van der Waals surface area contributed by atoms with Gasteiger partial charge in [0.2, 0.25) is 0 Å². The number of fused-ring (bicyclic) bond motifs is 1. The van der Waals surface area contributed by atoms with Crippen LogP contribution in [0.4, 0.5) is 0 Å². The summed E-state index contributed by atoms with van der Waals surface area (Å²) in [7, 11) is 3.44. The predicted octanol–water partition coefficient (Wildman–Crippen LogP) is 5.71. The number of thioether (sulfide) groups is 1. The highest BCUT2D eigenvalue weighted by Crippen LogP contribution is 2.36. The number of halogens is 1. The lowest BCUT2D eigenvalue weighted by molar-refractivity contribution is -0.121. The zero-order valence-electron chi connectivity index (χ0n) is 16.1. The lowest BCUT2D eigenvalue weighted by Gasteiger charge is -2.13. The van der Waals surface area contributed by atoms with Gasteiger partial charge in [-0.05, 0) is 52.4 Å². The number of aliphatic imine (C=N–C) groups is 1. The van der Waals surface area contributed by atoms with E-state index in [9.17, 15) is 4.79 Å². The first kappa shape index (κ1) is 19.7. The summed E-state index contributed by atoms with van der Waals surface area (Å²) in [6, 6.07) is 20.2. The number of ether oxygens (including phenoxy) is 1. The Bertz CT molecular complexity index is 1140. The van der Waals surface area contributed by atoms with E-state index in [0.29, 0.717) is 16.7 Å². The smallest absolute Gasteiger partial charge is 0.266 e. The Kier molecular flexibility index (Phi) is 5.74. The summed E-state index contributed by atoms with van der Waals surface area (Å²) in [5.41, 5.74) is 1.98. The van der Waals surface area contributed by atoms with Crippen molar-refractivity contribution in [2.45, 2.75) is 6.61 Å². The number of benzene rings is 3. The average molecular weight is 467 g/mol. The molecular formula is C23H19BrN2O2S. The van der Waals surface area contributed by atoms with Gasteiger partial charge in [-0.3, -0.25) is 14.7 Å². The van der Waals surface area contributed by atoms with Gasteiger partial charge in [-0.2, -0.15) is 0 Å². The number of nitrogens with zero attached hydrogens (tertiary/aromatic N) is 2. The van der Waals surface area contributed by atoms with Gasteiger partial charge in [0.05, 0.1) is 4.91 Å². The zero-order valence-corrected chi connectivity index (χ0v) is 18.5. The van der Waals surface area contributed by atoms with Gasteiger partial charge in [-0.25, -0.2) is 0 Å². The fourth-order valence-electron chi connectivity index (χ4n) is 3.17. The van der Waals surface area contributed by atoms with Crippen LogP contribution >= 0.6 is 27.7 Å². The molecule has 1 heterocycles. The van der Waals surface area contributed by atoms with E-state index in [1.165, 1.54) is 11.8 Å². The van der Waals surface area contributed by atoms with Crippen LogP contribution in [0.5, 0.6) is 5.75 Å². The van der Waals surface area contributed by atoms with E-state index in [0.717, 1.165) is 32.1 Å². The van der Waals surface area contributed by atoms with Crippen LogP contribution in [0.3, 0.4) is 0 Å². The van der Waals surface area contributed by atoms with Crippen LogP contribution in [0.2, 0.25) is 0 Å². The third kappa shape index (κ3) is 4.09. The molecule has 1 aliphatic heterocycles. The van der Waals surface area contributed by atoms with E-state index in [1.807, 2.05) is 54.6 Å². The van der Waals surface area contributed by atoms with Gasteiger partial charge in [0.15, 0.2) is 5.17 Å². The van der Waals surface area contributed by atoms with Crippen molar-refractivity contribution in [2.24, 2.45) is 4.99 Å². The van der Waals surface area contributed by atoms with E-state index < -0.39 is 0 Å². The number of hydrogen-bond acceptors (Lipinski definition) is 4. The molecule has 1 fully saturated rings. The molecule has 146 valence electrons. The molecule has 3 aromatic rings. The van der Waals surface area contributed by atoms with Crippen molar-refractivity contribution >= 4 is 55.6 Å². The fourth-order valence-corrected chi connectivity index (χ4v) is 4.35. The first-order chi connectivity index (χ1) is 14.1. The Labute approximate surface area is 182 Å². The predicted molar refractivity (Wildman–Crippen MR) is 124 cm³/mol. The summed E-state index contributed by atoms with van der Waals surface area (Å²) in [6.45, 7) is 0.449. The maximum atomic E-state index is 12.6. The minimum atomic E-state index is -0.0533. The van der Waals surface area contributed by atoms with E-state index in [1.54, 1.807) is 19.0 Å². The van der Waals surface area contributed by atoms with E-state index >= 15 is 0 Å². The van der Waals surface area contributed by atoms with Gasteiger partial charge in [0.25, 0.3) is 5.91 Å². The summed E-state index contributed by atoms with van der Waals surface area (Å²) < 4.78 is 7.21. The highest BCUT2D eigenvalue weighted by Gasteiger charge is 2.30. The average Bonchev–Trinajstić information content (AvgIpc) is 3.02. The normalized spacial score (nSPS) is 16.9. The van der Waals surface area contributed by atoms with Crippen LogP contribution in [0, 0.1) is 0 Å². The first-order valence-corrected chi connectivity index (χ1v) is 10.7. The highest BCUT2D eigenvalue weighted by molar-refractivity contribution is 9.10. The molecule has 0 unspecified atom stereocenters. The number of carbonyl (C=O) groups excluding carboxylic acids is 1. The summed E-state index contributed by atoms with van der Waals surface area (Å²) in [4.78, 5) is 19.0. The molecule has 0 spiro atoms. The Morgan fingerprint density at radius 3 is 2.59 bits per heavy atom. The van der Waals surface area contributed by atoms with Crippen molar-refractivity contribution in [2.75, 3.05) is 14.1 Å². The topological polar surface area (TPSA) is 41.9 Å². The molecule has 3 aromatic carbocycles. The Morgan fingerprint density at radius 2 is 1.86 bits per heavy atom. The minimum absolute atomic E-state index is 0.0533. The van der Waals surface area contributed by atoms with Crippen LogP contribution in [-0.4, -0.2) is 30.1 Å². The number of carbonyl (C=O) groups is 1. The number of amidine groups is 1. The summed E-state index contributed by atoms with van der Waals surface area (Å²) in [5.74, 6) is 0.694. The largest absolute Gasteiger partial charge is 0.488 e. The summed E-state index contributed by atoms with van der Waals surface area (Å²) in [6.07, 6.45) is 1.92. The molecule has 6 heteroatoms.